The number of nitrogens with zero attached hydrogens (tertiary/aromatic N) is 3. The molecule has 0 aliphatic carbocycles. The van der Waals surface area contributed by atoms with Crippen LogP contribution in [0, 0.1) is 18.3 Å². The highest BCUT2D eigenvalue weighted by Crippen LogP contribution is 2.33. The lowest BCUT2D eigenvalue weighted by atomic mass is 10.1. The van der Waals surface area contributed by atoms with Crippen LogP contribution in [0.15, 0.2) is 84.6 Å². The number of aromatic nitrogens is 2. The quantitative estimate of drug-likeness (QED) is 0.214. The fraction of sp³-hybridized carbons (Fsp3) is 0.138. The first kappa shape index (κ1) is 24.8. The van der Waals surface area contributed by atoms with Crippen molar-refractivity contribution in [3.05, 3.63) is 101 Å². The maximum absolute atomic E-state index is 12.9. The molecule has 1 N–H and O–H groups in total. The van der Waals surface area contributed by atoms with Gasteiger partial charge in [-0.15, -0.1) is 0 Å². The zero-order valence-electron chi connectivity index (χ0n) is 20.0. The summed E-state index contributed by atoms with van der Waals surface area (Å²) in [5, 5.41) is 17.8. The average Bonchev–Trinajstić information content (AvgIpc) is 3.32. The Labute approximate surface area is 215 Å². The number of nitriles is 1. The molecule has 0 aliphatic rings. The Bertz CT molecular complexity index is 1430. The number of hydrogen-bond donors (Lipinski definition) is 1. The lowest BCUT2D eigenvalue weighted by Gasteiger charge is -2.08. The Balaban J connectivity index is 1.74. The van der Waals surface area contributed by atoms with Gasteiger partial charge in [0.2, 0.25) is 0 Å². The zero-order chi connectivity index (χ0) is 25.5. The van der Waals surface area contributed by atoms with Gasteiger partial charge in [-0.05, 0) is 61.9 Å². The molecule has 0 atom stereocenters. The molecule has 6 nitrogen and oxygen atoms in total. The second kappa shape index (κ2) is 11.4. The number of ether oxygens (including phenoxy) is 1. The van der Waals surface area contributed by atoms with E-state index in [9.17, 15) is 10.1 Å². The van der Waals surface area contributed by atoms with Gasteiger partial charge in [0.1, 0.15) is 23.1 Å². The number of para-hydroxylation sites is 1. The highest BCUT2D eigenvalue weighted by Gasteiger charge is 2.16. The standard InChI is InChI=1S/C29H25ClN4O2/c1-3-15-36-27-14-11-21(17-26(27)30)28-23(19-34(33-28)25-7-5-4-6-8-25)16-22(18-31)29(35)32-24-12-9-20(2)10-13-24/h4-14,16-17,19H,3,15H2,1-2H3,(H,32,35)/b22-16-. The van der Waals surface area contributed by atoms with E-state index in [1.54, 1.807) is 41.2 Å². The Kier molecular flexibility index (Phi) is 7.84. The van der Waals surface area contributed by atoms with E-state index in [1.807, 2.05) is 68.4 Å². The molecule has 0 saturated carbocycles. The van der Waals surface area contributed by atoms with Crippen molar-refractivity contribution in [1.29, 1.82) is 5.26 Å². The normalized spacial score (nSPS) is 11.1. The number of hydrogen-bond acceptors (Lipinski definition) is 4. The number of carbonyl (C=O) groups excluding carboxylic acids is 1. The minimum Gasteiger partial charge on any atom is -0.492 e. The van der Waals surface area contributed by atoms with Crippen LogP contribution in [0.4, 0.5) is 5.69 Å². The van der Waals surface area contributed by atoms with Gasteiger partial charge in [0.15, 0.2) is 0 Å². The SMILES string of the molecule is CCCOc1ccc(-c2nn(-c3ccccc3)cc2/C=C(/C#N)C(=O)Nc2ccc(C)cc2)cc1Cl. The topological polar surface area (TPSA) is 79.9 Å². The molecule has 0 radical (unpaired) electrons. The van der Waals surface area contributed by atoms with Crippen molar-refractivity contribution in [3.63, 3.8) is 0 Å². The summed E-state index contributed by atoms with van der Waals surface area (Å²) in [6, 6.07) is 24.5. The summed E-state index contributed by atoms with van der Waals surface area (Å²) in [5.41, 5.74) is 4.41. The summed E-state index contributed by atoms with van der Waals surface area (Å²) in [6.45, 7) is 4.56. The van der Waals surface area contributed by atoms with Crippen LogP contribution in [-0.4, -0.2) is 22.3 Å². The lowest BCUT2D eigenvalue weighted by molar-refractivity contribution is -0.112. The monoisotopic (exact) mass is 496 g/mol. The Morgan fingerprint density at radius 3 is 2.56 bits per heavy atom. The molecule has 0 aliphatic heterocycles. The number of aryl methyl sites for hydroxylation is 1. The molecule has 0 saturated heterocycles. The van der Waals surface area contributed by atoms with Crippen molar-refractivity contribution >= 4 is 29.3 Å². The number of benzene rings is 3. The second-order valence-corrected chi connectivity index (χ2v) is 8.60. The van der Waals surface area contributed by atoms with E-state index < -0.39 is 5.91 Å². The van der Waals surface area contributed by atoms with E-state index in [0.717, 1.165) is 23.2 Å². The van der Waals surface area contributed by atoms with Crippen LogP contribution < -0.4 is 10.1 Å². The molecule has 7 heteroatoms. The average molecular weight is 497 g/mol. The van der Waals surface area contributed by atoms with E-state index in [4.69, 9.17) is 21.4 Å². The number of rotatable bonds is 8. The van der Waals surface area contributed by atoms with E-state index in [1.165, 1.54) is 0 Å². The second-order valence-electron chi connectivity index (χ2n) is 8.20. The van der Waals surface area contributed by atoms with Crippen molar-refractivity contribution in [2.75, 3.05) is 11.9 Å². The molecule has 0 fully saturated rings. The maximum atomic E-state index is 12.9. The largest absolute Gasteiger partial charge is 0.492 e. The molecule has 0 unspecified atom stereocenters. The molecule has 1 amide bonds. The summed E-state index contributed by atoms with van der Waals surface area (Å²) >= 11 is 6.48. The maximum Gasteiger partial charge on any atom is 0.266 e. The third kappa shape index (κ3) is 5.83. The van der Waals surface area contributed by atoms with Gasteiger partial charge in [0.05, 0.1) is 17.3 Å². The van der Waals surface area contributed by atoms with Gasteiger partial charge in [-0.3, -0.25) is 4.79 Å². The van der Waals surface area contributed by atoms with Crippen molar-refractivity contribution in [2.24, 2.45) is 0 Å². The molecule has 1 aromatic heterocycles. The summed E-state index contributed by atoms with van der Waals surface area (Å²) in [6.07, 6.45) is 4.20. The number of carbonyl (C=O) groups is 1. The van der Waals surface area contributed by atoms with Crippen LogP contribution in [-0.2, 0) is 4.79 Å². The molecule has 4 aromatic rings. The fourth-order valence-electron chi connectivity index (χ4n) is 3.55. The summed E-state index contributed by atoms with van der Waals surface area (Å²) in [5.74, 6) is 0.0955. The predicted octanol–water partition coefficient (Wildman–Crippen LogP) is 6.84. The van der Waals surface area contributed by atoms with Gasteiger partial charge in [-0.2, -0.15) is 10.4 Å². The number of anilines is 1. The molecule has 0 bridgehead atoms. The molecular formula is C29H25ClN4O2. The van der Waals surface area contributed by atoms with Crippen molar-refractivity contribution < 1.29 is 9.53 Å². The van der Waals surface area contributed by atoms with E-state index in [-0.39, 0.29) is 5.57 Å². The summed E-state index contributed by atoms with van der Waals surface area (Å²) < 4.78 is 7.41. The molecule has 180 valence electrons. The minimum absolute atomic E-state index is 0.0431. The van der Waals surface area contributed by atoms with Gasteiger partial charge in [0, 0.05) is 23.0 Å². The number of amides is 1. The van der Waals surface area contributed by atoms with Crippen LogP contribution in [0.1, 0.15) is 24.5 Å². The predicted molar refractivity (Wildman–Crippen MR) is 143 cm³/mol. The van der Waals surface area contributed by atoms with Gasteiger partial charge in [0.25, 0.3) is 5.91 Å². The van der Waals surface area contributed by atoms with E-state index >= 15 is 0 Å². The highest BCUT2D eigenvalue weighted by molar-refractivity contribution is 6.32. The molecule has 36 heavy (non-hydrogen) atoms. The third-order valence-corrected chi connectivity index (χ3v) is 5.70. The first-order chi connectivity index (χ1) is 17.5. The Hall–Kier alpha value is -4.34. The first-order valence-corrected chi connectivity index (χ1v) is 11.9. The van der Waals surface area contributed by atoms with Crippen LogP contribution in [0.25, 0.3) is 23.0 Å². The smallest absolute Gasteiger partial charge is 0.266 e. The minimum atomic E-state index is -0.499. The number of nitrogens with one attached hydrogen (secondary N) is 1. The van der Waals surface area contributed by atoms with Crippen LogP contribution in [0.5, 0.6) is 5.75 Å². The van der Waals surface area contributed by atoms with Gasteiger partial charge < -0.3 is 10.1 Å². The van der Waals surface area contributed by atoms with Gasteiger partial charge >= 0.3 is 0 Å². The van der Waals surface area contributed by atoms with E-state index in [0.29, 0.717) is 34.3 Å². The Morgan fingerprint density at radius 1 is 1.14 bits per heavy atom. The third-order valence-electron chi connectivity index (χ3n) is 5.40. The van der Waals surface area contributed by atoms with Gasteiger partial charge in [-0.1, -0.05) is 54.4 Å². The molecule has 4 rings (SSSR count). The van der Waals surface area contributed by atoms with Crippen LogP contribution in [0.3, 0.4) is 0 Å². The fourth-order valence-corrected chi connectivity index (χ4v) is 3.78. The molecule has 3 aromatic carbocycles. The molecule has 0 spiro atoms. The van der Waals surface area contributed by atoms with Crippen molar-refractivity contribution in [2.45, 2.75) is 20.3 Å². The van der Waals surface area contributed by atoms with Gasteiger partial charge in [-0.25, -0.2) is 4.68 Å². The summed E-state index contributed by atoms with van der Waals surface area (Å²) in [4.78, 5) is 12.9. The lowest BCUT2D eigenvalue weighted by Crippen LogP contribution is -2.13. The van der Waals surface area contributed by atoms with Crippen molar-refractivity contribution in [1.82, 2.24) is 9.78 Å². The first-order valence-electron chi connectivity index (χ1n) is 11.6. The molecular weight excluding hydrogens is 472 g/mol. The summed E-state index contributed by atoms with van der Waals surface area (Å²) in [7, 11) is 0. The number of halogens is 1. The van der Waals surface area contributed by atoms with Crippen molar-refractivity contribution in [3.8, 4) is 28.8 Å². The van der Waals surface area contributed by atoms with Crippen LogP contribution >= 0.6 is 11.6 Å². The van der Waals surface area contributed by atoms with Crippen LogP contribution in [0.2, 0.25) is 5.02 Å². The van der Waals surface area contributed by atoms with E-state index in [2.05, 4.69) is 5.32 Å². The highest BCUT2D eigenvalue weighted by atomic mass is 35.5. The zero-order valence-corrected chi connectivity index (χ0v) is 20.8. The molecule has 1 heterocycles. The Morgan fingerprint density at radius 2 is 1.89 bits per heavy atom.